The summed E-state index contributed by atoms with van der Waals surface area (Å²) >= 11 is 6.00. The van der Waals surface area contributed by atoms with Crippen LogP contribution < -0.4 is 4.90 Å². The first-order valence-electron chi connectivity index (χ1n) is 5.83. The Kier molecular flexibility index (Phi) is 3.98. The lowest BCUT2D eigenvalue weighted by Crippen LogP contribution is -2.23. The van der Waals surface area contributed by atoms with Crippen LogP contribution in [0.2, 0.25) is 5.02 Å². The Hall–Kier alpha value is -2.12. The smallest absolute Gasteiger partial charge is 0.169 e. The molecule has 0 N–H and O–H groups in total. The quantitative estimate of drug-likeness (QED) is 0.861. The summed E-state index contributed by atoms with van der Waals surface area (Å²) in [4.78, 5) is 1.91. The van der Waals surface area contributed by atoms with E-state index >= 15 is 0 Å². The summed E-state index contributed by atoms with van der Waals surface area (Å²) in [6.07, 6.45) is 1.51. The molecule has 1 aromatic carbocycles. The van der Waals surface area contributed by atoms with Crippen LogP contribution in [0, 0.1) is 11.3 Å². The summed E-state index contributed by atoms with van der Waals surface area (Å²) in [7, 11) is 1.89. The van der Waals surface area contributed by atoms with Gasteiger partial charge in [-0.3, -0.25) is 0 Å². The molecule has 0 saturated carbocycles. The van der Waals surface area contributed by atoms with Gasteiger partial charge in [0.2, 0.25) is 0 Å². The minimum atomic E-state index is 0.0440. The van der Waals surface area contributed by atoms with E-state index in [9.17, 15) is 0 Å². The molecule has 1 aromatic heterocycles. The maximum absolute atomic E-state index is 9.10. The average Bonchev–Trinajstić information content (AvgIpc) is 2.45. The SMILES string of the molecule is CC(c1cccc(Cl)c1)N(C)c1nnccc1C#N. The first-order valence-corrected chi connectivity index (χ1v) is 6.21. The molecule has 0 aliphatic carbocycles. The largest absolute Gasteiger partial charge is 0.350 e. The monoisotopic (exact) mass is 272 g/mol. The Bertz CT molecular complexity index is 621. The molecule has 0 aliphatic heterocycles. The number of benzene rings is 1. The third-order valence-electron chi connectivity index (χ3n) is 3.07. The minimum absolute atomic E-state index is 0.0440. The second-order valence-corrected chi connectivity index (χ2v) is 4.66. The number of anilines is 1. The number of nitrogens with zero attached hydrogens (tertiary/aromatic N) is 4. The molecule has 0 bridgehead atoms. The Morgan fingerprint density at radius 1 is 1.37 bits per heavy atom. The van der Waals surface area contributed by atoms with Crippen LogP contribution in [-0.4, -0.2) is 17.2 Å². The molecule has 19 heavy (non-hydrogen) atoms. The standard InChI is InChI=1S/C14H13ClN4/c1-10(11-4-3-5-13(15)8-11)19(2)14-12(9-16)6-7-17-18-14/h3-8,10H,1-2H3. The highest BCUT2D eigenvalue weighted by atomic mass is 35.5. The van der Waals surface area contributed by atoms with Gasteiger partial charge in [0.05, 0.1) is 17.8 Å². The van der Waals surface area contributed by atoms with Crippen molar-refractivity contribution in [1.82, 2.24) is 10.2 Å². The molecular formula is C14H13ClN4. The highest BCUT2D eigenvalue weighted by molar-refractivity contribution is 6.30. The first kappa shape index (κ1) is 13.3. The second kappa shape index (κ2) is 5.68. The maximum atomic E-state index is 9.10. The highest BCUT2D eigenvalue weighted by Gasteiger charge is 2.17. The number of halogens is 1. The highest BCUT2D eigenvalue weighted by Crippen LogP contribution is 2.26. The molecule has 0 spiro atoms. The van der Waals surface area contributed by atoms with Gasteiger partial charge >= 0.3 is 0 Å². The fraction of sp³-hybridized carbons (Fsp3) is 0.214. The van der Waals surface area contributed by atoms with Crippen molar-refractivity contribution in [3.8, 4) is 6.07 Å². The molecule has 96 valence electrons. The summed E-state index contributed by atoms with van der Waals surface area (Å²) in [6.45, 7) is 2.03. The van der Waals surface area contributed by atoms with E-state index in [4.69, 9.17) is 16.9 Å². The second-order valence-electron chi connectivity index (χ2n) is 4.22. The van der Waals surface area contributed by atoms with Crippen molar-refractivity contribution in [2.45, 2.75) is 13.0 Å². The van der Waals surface area contributed by atoms with E-state index in [-0.39, 0.29) is 6.04 Å². The number of aromatic nitrogens is 2. The van der Waals surface area contributed by atoms with E-state index in [1.165, 1.54) is 6.20 Å². The zero-order valence-corrected chi connectivity index (χ0v) is 11.5. The van der Waals surface area contributed by atoms with Crippen LogP contribution in [0.3, 0.4) is 0 Å². The predicted molar refractivity (Wildman–Crippen MR) is 75.0 cm³/mol. The lowest BCUT2D eigenvalue weighted by molar-refractivity contribution is 0.719. The minimum Gasteiger partial charge on any atom is -0.350 e. The predicted octanol–water partition coefficient (Wildman–Crippen LogP) is 3.20. The summed E-state index contributed by atoms with van der Waals surface area (Å²) < 4.78 is 0. The van der Waals surface area contributed by atoms with Crippen molar-refractivity contribution in [1.29, 1.82) is 5.26 Å². The van der Waals surface area contributed by atoms with Crippen molar-refractivity contribution in [2.24, 2.45) is 0 Å². The van der Waals surface area contributed by atoms with E-state index in [1.807, 2.05) is 43.1 Å². The van der Waals surface area contributed by atoms with Crippen molar-refractivity contribution in [2.75, 3.05) is 11.9 Å². The molecule has 2 aromatic rings. The Balaban J connectivity index is 2.34. The van der Waals surface area contributed by atoms with E-state index in [0.717, 1.165) is 5.56 Å². The van der Waals surface area contributed by atoms with Gasteiger partial charge in [-0.05, 0) is 30.7 Å². The van der Waals surface area contributed by atoms with Crippen LogP contribution in [0.5, 0.6) is 0 Å². The van der Waals surface area contributed by atoms with Crippen LogP contribution in [-0.2, 0) is 0 Å². The van der Waals surface area contributed by atoms with Gasteiger partial charge in [-0.25, -0.2) is 0 Å². The van der Waals surface area contributed by atoms with Gasteiger partial charge in [-0.1, -0.05) is 23.7 Å². The number of rotatable bonds is 3. The zero-order chi connectivity index (χ0) is 13.8. The fourth-order valence-electron chi connectivity index (χ4n) is 1.85. The van der Waals surface area contributed by atoms with Gasteiger partial charge in [-0.2, -0.15) is 10.4 Å². The molecule has 1 heterocycles. The molecule has 0 aliphatic rings. The zero-order valence-electron chi connectivity index (χ0n) is 10.7. The normalized spacial score (nSPS) is 11.7. The van der Waals surface area contributed by atoms with Crippen molar-refractivity contribution in [3.05, 3.63) is 52.7 Å². The number of hydrogen-bond acceptors (Lipinski definition) is 4. The van der Waals surface area contributed by atoms with Gasteiger partial charge in [-0.15, -0.1) is 5.10 Å². The molecule has 5 heteroatoms. The van der Waals surface area contributed by atoms with Crippen molar-refractivity contribution >= 4 is 17.4 Å². The molecule has 1 unspecified atom stereocenters. The number of nitriles is 1. The van der Waals surface area contributed by atoms with Crippen LogP contribution in [0.25, 0.3) is 0 Å². The Morgan fingerprint density at radius 3 is 2.84 bits per heavy atom. The summed E-state index contributed by atoms with van der Waals surface area (Å²) in [5.41, 5.74) is 1.57. The van der Waals surface area contributed by atoms with Gasteiger partial charge in [0.15, 0.2) is 5.82 Å². The maximum Gasteiger partial charge on any atom is 0.169 e. The Morgan fingerprint density at radius 2 is 2.16 bits per heavy atom. The molecule has 0 fully saturated rings. The average molecular weight is 273 g/mol. The lowest BCUT2D eigenvalue weighted by atomic mass is 10.1. The molecular weight excluding hydrogens is 260 g/mol. The summed E-state index contributed by atoms with van der Waals surface area (Å²) in [5, 5.41) is 17.7. The molecule has 0 amide bonds. The third kappa shape index (κ3) is 2.83. The third-order valence-corrected chi connectivity index (χ3v) is 3.30. The van der Waals surface area contributed by atoms with Gasteiger partial charge in [0, 0.05) is 12.1 Å². The van der Waals surface area contributed by atoms with Crippen LogP contribution in [0.4, 0.5) is 5.82 Å². The summed E-state index contributed by atoms with van der Waals surface area (Å²) in [5.74, 6) is 0.567. The van der Waals surface area contributed by atoms with Gasteiger partial charge in [0.1, 0.15) is 6.07 Å². The van der Waals surface area contributed by atoms with Crippen molar-refractivity contribution < 1.29 is 0 Å². The van der Waals surface area contributed by atoms with Crippen LogP contribution in [0.1, 0.15) is 24.1 Å². The molecule has 4 nitrogen and oxygen atoms in total. The molecule has 1 atom stereocenters. The van der Waals surface area contributed by atoms with Crippen LogP contribution in [0.15, 0.2) is 36.5 Å². The fourth-order valence-corrected chi connectivity index (χ4v) is 2.04. The molecule has 2 rings (SSSR count). The Labute approximate surface area is 117 Å². The van der Waals surface area contributed by atoms with Gasteiger partial charge < -0.3 is 4.90 Å². The lowest BCUT2D eigenvalue weighted by Gasteiger charge is -2.26. The molecule has 0 saturated heterocycles. The summed E-state index contributed by atoms with van der Waals surface area (Å²) in [6, 6.07) is 11.5. The van der Waals surface area contributed by atoms with Crippen molar-refractivity contribution in [3.63, 3.8) is 0 Å². The molecule has 0 radical (unpaired) electrons. The van der Waals surface area contributed by atoms with E-state index in [0.29, 0.717) is 16.4 Å². The first-order chi connectivity index (χ1) is 9.13. The topological polar surface area (TPSA) is 52.8 Å². The van der Waals surface area contributed by atoms with E-state index in [2.05, 4.69) is 16.3 Å². The van der Waals surface area contributed by atoms with E-state index < -0.39 is 0 Å². The number of hydrogen-bond donors (Lipinski definition) is 0. The van der Waals surface area contributed by atoms with Crippen LogP contribution >= 0.6 is 11.6 Å². The van der Waals surface area contributed by atoms with Gasteiger partial charge in [0.25, 0.3) is 0 Å². The van der Waals surface area contributed by atoms with E-state index in [1.54, 1.807) is 6.07 Å².